The van der Waals surface area contributed by atoms with Gasteiger partial charge in [0.2, 0.25) is 0 Å². The molecule has 1 saturated carbocycles. The van der Waals surface area contributed by atoms with Crippen LogP contribution in [0.4, 0.5) is 13.2 Å². The van der Waals surface area contributed by atoms with Crippen molar-refractivity contribution in [2.24, 2.45) is 0 Å². The van der Waals surface area contributed by atoms with E-state index in [4.69, 9.17) is 4.74 Å². The lowest BCUT2D eigenvalue weighted by atomic mass is 9.95. The van der Waals surface area contributed by atoms with E-state index >= 15 is 0 Å². The summed E-state index contributed by atoms with van der Waals surface area (Å²) < 4.78 is 42.5. The fourth-order valence-corrected chi connectivity index (χ4v) is 2.55. The zero-order chi connectivity index (χ0) is 16.9. The van der Waals surface area contributed by atoms with E-state index in [1.807, 2.05) is 0 Å². The van der Waals surface area contributed by atoms with Crippen LogP contribution in [0.15, 0.2) is 24.3 Å². The molecule has 0 aromatic heterocycles. The Bertz CT molecular complexity index is 566. The molecule has 2 rings (SSSR count). The van der Waals surface area contributed by atoms with E-state index in [2.05, 4.69) is 5.32 Å². The van der Waals surface area contributed by atoms with Gasteiger partial charge >= 0.3 is 12.1 Å². The zero-order valence-corrected chi connectivity index (χ0v) is 12.5. The number of alkyl halides is 3. The Morgan fingerprint density at radius 1 is 1.17 bits per heavy atom. The maximum atomic E-state index is 12.6. The van der Waals surface area contributed by atoms with Gasteiger partial charge in [0.15, 0.2) is 6.61 Å². The number of carbonyl (C=O) groups excluding carboxylic acids is 2. The maximum Gasteiger partial charge on any atom is 0.416 e. The van der Waals surface area contributed by atoms with Gasteiger partial charge in [0, 0.05) is 6.04 Å². The molecule has 0 spiro atoms. The van der Waals surface area contributed by atoms with E-state index in [1.165, 1.54) is 6.07 Å². The van der Waals surface area contributed by atoms with Crippen LogP contribution in [0.5, 0.6) is 0 Å². The average molecular weight is 329 g/mol. The summed E-state index contributed by atoms with van der Waals surface area (Å²) in [5.41, 5.74) is -1.16. The maximum absolute atomic E-state index is 12.6. The van der Waals surface area contributed by atoms with E-state index in [0.29, 0.717) is 6.07 Å². The fraction of sp³-hybridized carbons (Fsp3) is 0.500. The molecular weight excluding hydrogens is 311 g/mol. The third-order valence-electron chi connectivity index (χ3n) is 3.73. The summed E-state index contributed by atoms with van der Waals surface area (Å²) in [6.07, 6.45) is 0.510. The molecular formula is C16H18F3NO3. The van der Waals surface area contributed by atoms with Crippen LogP contribution in [0.2, 0.25) is 0 Å². The molecule has 126 valence electrons. The molecule has 0 aliphatic heterocycles. The molecule has 0 radical (unpaired) electrons. The minimum Gasteiger partial charge on any atom is -0.452 e. The summed E-state index contributed by atoms with van der Waals surface area (Å²) in [5, 5.41) is 2.77. The molecule has 1 aromatic carbocycles. The lowest BCUT2D eigenvalue weighted by Crippen LogP contribution is -2.38. The molecule has 0 heterocycles. The van der Waals surface area contributed by atoms with Crippen LogP contribution in [0.25, 0.3) is 0 Å². The Kier molecular flexibility index (Phi) is 5.63. The number of esters is 1. The highest BCUT2D eigenvalue weighted by atomic mass is 19.4. The molecule has 1 N–H and O–H groups in total. The number of nitrogens with one attached hydrogen (secondary N) is 1. The number of ether oxygens (including phenoxy) is 1. The summed E-state index contributed by atoms with van der Waals surface area (Å²) in [6.45, 7) is -0.494. The van der Waals surface area contributed by atoms with Crippen LogP contribution in [0, 0.1) is 0 Å². The molecule has 1 aliphatic carbocycles. The van der Waals surface area contributed by atoms with E-state index in [9.17, 15) is 22.8 Å². The molecule has 1 aliphatic rings. The molecule has 23 heavy (non-hydrogen) atoms. The number of hydrogen-bond donors (Lipinski definition) is 1. The van der Waals surface area contributed by atoms with Crippen molar-refractivity contribution in [2.45, 2.75) is 44.3 Å². The third-order valence-corrected chi connectivity index (χ3v) is 3.73. The fourth-order valence-electron chi connectivity index (χ4n) is 2.55. The lowest BCUT2D eigenvalue weighted by Gasteiger charge is -2.22. The van der Waals surface area contributed by atoms with Crippen LogP contribution in [0.1, 0.15) is 48.0 Å². The van der Waals surface area contributed by atoms with Crippen LogP contribution in [0.3, 0.4) is 0 Å². The number of benzene rings is 1. The number of amides is 1. The second-order valence-electron chi connectivity index (χ2n) is 5.56. The Labute approximate surface area is 132 Å². The minimum atomic E-state index is -4.53. The lowest BCUT2D eigenvalue weighted by molar-refractivity contribution is -0.137. The largest absolute Gasteiger partial charge is 0.452 e. The third kappa shape index (κ3) is 5.26. The van der Waals surface area contributed by atoms with Crippen molar-refractivity contribution in [3.8, 4) is 0 Å². The number of hydrogen-bond acceptors (Lipinski definition) is 3. The quantitative estimate of drug-likeness (QED) is 0.862. The highest BCUT2D eigenvalue weighted by molar-refractivity contribution is 5.91. The molecule has 0 atom stereocenters. The highest BCUT2D eigenvalue weighted by Crippen LogP contribution is 2.29. The van der Waals surface area contributed by atoms with Gasteiger partial charge in [-0.25, -0.2) is 4.79 Å². The Morgan fingerprint density at radius 3 is 2.52 bits per heavy atom. The van der Waals surface area contributed by atoms with E-state index < -0.39 is 30.2 Å². The molecule has 0 bridgehead atoms. The first-order valence-corrected chi connectivity index (χ1v) is 7.50. The minimum absolute atomic E-state index is 0.0866. The van der Waals surface area contributed by atoms with Gasteiger partial charge in [-0.05, 0) is 31.0 Å². The van der Waals surface area contributed by atoms with Crippen molar-refractivity contribution in [1.29, 1.82) is 0 Å². The summed E-state index contributed by atoms with van der Waals surface area (Å²) in [7, 11) is 0. The van der Waals surface area contributed by atoms with E-state index in [-0.39, 0.29) is 11.6 Å². The summed E-state index contributed by atoms with van der Waals surface area (Å²) >= 11 is 0. The van der Waals surface area contributed by atoms with Crippen LogP contribution in [-0.4, -0.2) is 24.5 Å². The van der Waals surface area contributed by atoms with Gasteiger partial charge in [0.1, 0.15) is 0 Å². The predicted molar refractivity (Wildman–Crippen MR) is 76.7 cm³/mol. The molecule has 0 unspecified atom stereocenters. The second kappa shape index (κ2) is 7.48. The van der Waals surface area contributed by atoms with E-state index in [0.717, 1.165) is 44.2 Å². The Balaban J connectivity index is 1.85. The first-order valence-electron chi connectivity index (χ1n) is 7.50. The Hall–Kier alpha value is -2.05. The van der Waals surface area contributed by atoms with Crippen LogP contribution >= 0.6 is 0 Å². The van der Waals surface area contributed by atoms with Gasteiger partial charge in [0.25, 0.3) is 5.91 Å². The summed E-state index contributed by atoms with van der Waals surface area (Å²) in [6, 6.07) is 4.01. The number of carbonyl (C=O) groups is 2. The number of halogens is 3. The van der Waals surface area contributed by atoms with Gasteiger partial charge in [-0.1, -0.05) is 25.3 Å². The highest BCUT2D eigenvalue weighted by Gasteiger charge is 2.31. The molecule has 7 heteroatoms. The van der Waals surface area contributed by atoms with E-state index in [1.54, 1.807) is 0 Å². The first kappa shape index (κ1) is 17.3. The monoisotopic (exact) mass is 329 g/mol. The van der Waals surface area contributed by atoms with Crippen molar-refractivity contribution in [3.63, 3.8) is 0 Å². The molecule has 1 aromatic rings. The van der Waals surface area contributed by atoms with Gasteiger partial charge in [-0.3, -0.25) is 4.79 Å². The molecule has 1 amide bonds. The number of rotatable bonds is 4. The summed E-state index contributed by atoms with van der Waals surface area (Å²) in [4.78, 5) is 23.5. The molecule has 0 saturated heterocycles. The van der Waals surface area contributed by atoms with Crippen molar-refractivity contribution in [3.05, 3.63) is 35.4 Å². The average Bonchev–Trinajstić information content (AvgIpc) is 2.53. The standard InChI is InChI=1S/C16H18F3NO3/c17-16(18,19)12-6-4-5-11(9-12)15(22)23-10-14(21)20-13-7-2-1-3-8-13/h4-6,9,13H,1-3,7-8,10H2,(H,20,21). The Morgan fingerprint density at radius 2 is 1.87 bits per heavy atom. The van der Waals surface area contributed by atoms with Crippen molar-refractivity contribution in [2.75, 3.05) is 6.61 Å². The van der Waals surface area contributed by atoms with Gasteiger partial charge in [0.05, 0.1) is 11.1 Å². The topological polar surface area (TPSA) is 55.4 Å². The normalized spacial score (nSPS) is 16.0. The second-order valence-corrected chi connectivity index (χ2v) is 5.56. The van der Waals surface area contributed by atoms with Gasteiger partial charge < -0.3 is 10.1 Å². The summed E-state index contributed by atoms with van der Waals surface area (Å²) in [5.74, 6) is -1.38. The van der Waals surface area contributed by atoms with Gasteiger partial charge in [-0.2, -0.15) is 13.2 Å². The SMILES string of the molecule is O=C(COC(=O)c1cccc(C(F)(F)F)c1)NC1CCCCC1. The van der Waals surface area contributed by atoms with Crippen molar-refractivity contribution in [1.82, 2.24) is 5.32 Å². The smallest absolute Gasteiger partial charge is 0.416 e. The van der Waals surface area contributed by atoms with Crippen LogP contribution < -0.4 is 5.32 Å². The zero-order valence-electron chi connectivity index (χ0n) is 12.5. The van der Waals surface area contributed by atoms with Crippen LogP contribution in [-0.2, 0) is 15.7 Å². The predicted octanol–water partition coefficient (Wildman–Crippen LogP) is 3.31. The molecule has 1 fully saturated rings. The molecule has 4 nitrogen and oxygen atoms in total. The first-order chi connectivity index (χ1) is 10.9. The van der Waals surface area contributed by atoms with Gasteiger partial charge in [-0.15, -0.1) is 0 Å². The van der Waals surface area contributed by atoms with Crippen molar-refractivity contribution < 1.29 is 27.5 Å². The van der Waals surface area contributed by atoms with Crippen molar-refractivity contribution >= 4 is 11.9 Å².